The van der Waals surface area contributed by atoms with Gasteiger partial charge in [0.05, 0.1) is 36.5 Å². The zero-order valence-electron chi connectivity index (χ0n) is 16.4. The minimum Gasteiger partial charge on any atom is -0.497 e. The molecule has 0 spiro atoms. The van der Waals surface area contributed by atoms with Crippen LogP contribution in [0.5, 0.6) is 5.75 Å². The van der Waals surface area contributed by atoms with Gasteiger partial charge in [-0.25, -0.2) is 4.98 Å². The van der Waals surface area contributed by atoms with Crippen LogP contribution in [0.15, 0.2) is 47.2 Å². The lowest BCUT2D eigenvalue weighted by Gasteiger charge is -2.23. The molecule has 9 heteroatoms. The molecule has 0 radical (unpaired) electrons. The molecule has 1 saturated heterocycles. The van der Waals surface area contributed by atoms with Crippen LogP contribution in [0.2, 0.25) is 0 Å². The van der Waals surface area contributed by atoms with E-state index in [0.717, 1.165) is 26.9 Å². The third kappa shape index (κ3) is 4.85. The normalized spacial score (nSPS) is 15.9. The molecule has 156 valence electrons. The molecule has 0 aliphatic carbocycles. The number of rotatable bonds is 7. The van der Waals surface area contributed by atoms with E-state index in [1.54, 1.807) is 46.4 Å². The highest BCUT2D eigenvalue weighted by Crippen LogP contribution is 2.28. The Kier molecular flexibility index (Phi) is 6.71. The van der Waals surface area contributed by atoms with E-state index in [2.05, 4.69) is 10.3 Å². The molecule has 4 rings (SSSR count). The van der Waals surface area contributed by atoms with Gasteiger partial charge in [0.1, 0.15) is 16.8 Å². The molecule has 0 bridgehead atoms. The first-order chi connectivity index (χ1) is 14.6. The summed E-state index contributed by atoms with van der Waals surface area (Å²) in [6.45, 7) is 0.361. The van der Waals surface area contributed by atoms with Gasteiger partial charge in [-0.15, -0.1) is 34.4 Å². The summed E-state index contributed by atoms with van der Waals surface area (Å²) in [7, 11) is 1.60. The number of methoxy groups -OCH3 is 1. The molecule has 2 amide bonds. The number of ether oxygens (including phenoxy) is 1. The molecule has 30 heavy (non-hydrogen) atoms. The Hall–Kier alpha value is -2.36. The van der Waals surface area contributed by atoms with Crippen LogP contribution in [0.4, 0.5) is 0 Å². The maximum Gasteiger partial charge on any atom is 0.244 e. The lowest BCUT2D eigenvalue weighted by molar-refractivity contribution is -0.137. The second-order valence-electron chi connectivity index (χ2n) is 6.75. The number of nitrogens with one attached hydrogen (secondary N) is 1. The molecule has 0 unspecified atom stereocenters. The summed E-state index contributed by atoms with van der Waals surface area (Å²) in [6.07, 6.45) is 0.248. The summed E-state index contributed by atoms with van der Waals surface area (Å²) in [5.41, 5.74) is 1.70. The average molecular weight is 460 g/mol. The van der Waals surface area contributed by atoms with Crippen molar-refractivity contribution in [2.45, 2.75) is 19.0 Å². The molecular weight excluding hydrogens is 438 g/mol. The number of carbonyl (C=O) groups is 2. The monoisotopic (exact) mass is 459 g/mol. The van der Waals surface area contributed by atoms with Crippen LogP contribution in [0.3, 0.4) is 0 Å². The molecule has 3 heterocycles. The van der Waals surface area contributed by atoms with Crippen LogP contribution >= 0.6 is 34.4 Å². The summed E-state index contributed by atoms with van der Waals surface area (Å²) in [5, 5.41) is 7.89. The first-order valence-electron chi connectivity index (χ1n) is 9.40. The number of thioether (sulfide) groups is 1. The van der Waals surface area contributed by atoms with Gasteiger partial charge >= 0.3 is 0 Å². The van der Waals surface area contributed by atoms with Crippen LogP contribution in [-0.2, 0) is 22.6 Å². The number of hydrogen-bond donors (Lipinski definition) is 1. The van der Waals surface area contributed by atoms with Crippen LogP contribution in [0.25, 0.3) is 9.88 Å². The van der Waals surface area contributed by atoms with Crippen molar-refractivity contribution in [3.63, 3.8) is 0 Å². The first kappa shape index (κ1) is 20.9. The zero-order chi connectivity index (χ0) is 20.9. The highest BCUT2D eigenvalue weighted by molar-refractivity contribution is 7.99. The summed E-state index contributed by atoms with van der Waals surface area (Å²) in [4.78, 5) is 33.0. The van der Waals surface area contributed by atoms with Gasteiger partial charge in [0.25, 0.3) is 0 Å². The van der Waals surface area contributed by atoms with Gasteiger partial charge in [0.15, 0.2) is 0 Å². The fraction of sp³-hybridized carbons (Fsp3) is 0.286. The predicted molar refractivity (Wildman–Crippen MR) is 122 cm³/mol. The van der Waals surface area contributed by atoms with Gasteiger partial charge in [0, 0.05) is 11.1 Å². The first-order valence-corrected chi connectivity index (χ1v) is 12.3. The fourth-order valence-electron chi connectivity index (χ4n) is 3.16. The van der Waals surface area contributed by atoms with Crippen molar-refractivity contribution >= 4 is 46.2 Å². The maximum absolute atomic E-state index is 12.8. The van der Waals surface area contributed by atoms with Crippen molar-refractivity contribution in [1.29, 1.82) is 0 Å². The Balaban J connectivity index is 1.34. The van der Waals surface area contributed by atoms with Crippen LogP contribution in [-0.4, -0.2) is 46.5 Å². The minimum atomic E-state index is -0.455. The Bertz CT molecular complexity index is 1020. The third-order valence-electron chi connectivity index (χ3n) is 4.72. The second kappa shape index (κ2) is 9.63. The highest BCUT2D eigenvalue weighted by atomic mass is 32.2. The van der Waals surface area contributed by atoms with E-state index >= 15 is 0 Å². The average Bonchev–Trinajstić information content (AvgIpc) is 3.53. The minimum absolute atomic E-state index is 0.0537. The van der Waals surface area contributed by atoms with Crippen molar-refractivity contribution in [3.05, 3.63) is 58.4 Å². The molecule has 2 aromatic heterocycles. The number of carbonyl (C=O) groups excluding carboxylic acids is 2. The quantitative estimate of drug-likeness (QED) is 0.584. The molecule has 1 aliphatic heterocycles. The Morgan fingerprint density at radius 2 is 2.17 bits per heavy atom. The van der Waals surface area contributed by atoms with E-state index in [1.807, 2.05) is 47.2 Å². The SMILES string of the molecule is COc1cccc(CC(=O)N2CSC[C@@H]2C(=O)NCc2csc(-c3cccs3)n2)c1. The predicted octanol–water partition coefficient (Wildman–Crippen LogP) is 3.64. The smallest absolute Gasteiger partial charge is 0.244 e. The number of hydrogen-bond acceptors (Lipinski definition) is 7. The number of nitrogens with zero attached hydrogens (tertiary/aromatic N) is 2. The van der Waals surface area contributed by atoms with Crippen molar-refractivity contribution in [2.75, 3.05) is 18.7 Å². The summed E-state index contributed by atoms with van der Waals surface area (Å²) in [5.74, 6) is 1.66. The number of aromatic nitrogens is 1. The van der Waals surface area contributed by atoms with Gasteiger partial charge < -0.3 is 15.0 Å². The van der Waals surface area contributed by atoms with E-state index < -0.39 is 6.04 Å². The topological polar surface area (TPSA) is 71.5 Å². The van der Waals surface area contributed by atoms with Crippen molar-refractivity contribution in [1.82, 2.24) is 15.2 Å². The van der Waals surface area contributed by atoms with Crippen LogP contribution in [0, 0.1) is 0 Å². The summed E-state index contributed by atoms with van der Waals surface area (Å²) < 4.78 is 5.22. The van der Waals surface area contributed by atoms with E-state index in [0.29, 0.717) is 18.2 Å². The molecular formula is C21H21N3O3S3. The van der Waals surface area contributed by atoms with E-state index in [4.69, 9.17) is 4.74 Å². The van der Waals surface area contributed by atoms with E-state index in [9.17, 15) is 9.59 Å². The van der Waals surface area contributed by atoms with Gasteiger partial charge in [-0.1, -0.05) is 18.2 Å². The zero-order valence-corrected chi connectivity index (χ0v) is 18.8. The Labute approximate surface area is 187 Å². The lowest BCUT2D eigenvalue weighted by atomic mass is 10.1. The van der Waals surface area contributed by atoms with Crippen LogP contribution in [0.1, 0.15) is 11.3 Å². The molecule has 1 aromatic carbocycles. The van der Waals surface area contributed by atoms with Crippen molar-refractivity contribution in [2.24, 2.45) is 0 Å². The molecule has 3 aromatic rings. The Morgan fingerprint density at radius 3 is 2.97 bits per heavy atom. The standard InChI is InChI=1S/C21H21N3O3S3/c1-27-16-5-2-4-14(8-16)9-19(25)24-13-28-12-17(24)20(26)22-10-15-11-30-21(23-15)18-6-3-7-29-18/h2-8,11,17H,9-10,12-13H2,1H3,(H,22,26)/t17-/m1/s1. The molecule has 1 atom stereocenters. The molecule has 1 N–H and O–H groups in total. The van der Waals surface area contributed by atoms with Crippen molar-refractivity contribution in [3.8, 4) is 15.6 Å². The van der Waals surface area contributed by atoms with Gasteiger partial charge in [-0.2, -0.15) is 0 Å². The number of benzene rings is 1. The fourth-order valence-corrected chi connectivity index (χ4v) is 5.98. The Morgan fingerprint density at radius 1 is 1.27 bits per heavy atom. The third-order valence-corrected chi connectivity index (χ3v) is 7.66. The number of amides is 2. The molecule has 0 saturated carbocycles. The van der Waals surface area contributed by atoms with Gasteiger partial charge in [0.2, 0.25) is 11.8 Å². The molecule has 1 aliphatic rings. The molecule has 6 nitrogen and oxygen atoms in total. The summed E-state index contributed by atoms with van der Waals surface area (Å²) in [6, 6.07) is 11.0. The molecule has 1 fully saturated rings. The van der Waals surface area contributed by atoms with Crippen LogP contribution < -0.4 is 10.1 Å². The van der Waals surface area contributed by atoms with Crippen molar-refractivity contribution < 1.29 is 14.3 Å². The maximum atomic E-state index is 12.8. The van der Waals surface area contributed by atoms with E-state index in [-0.39, 0.29) is 18.2 Å². The van der Waals surface area contributed by atoms with E-state index in [1.165, 1.54) is 0 Å². The second-order valence-corrected chi connectivity index (χ2v) is 9.55. The number of thiazole rings is 1. The largest absolute Gasteiger partial charge is 0.497 e. The number of thiophene rings is 1. The van der Waals surface area contributed by atoms with Gasteiger partial charge in [-0.3, -0.25) is 9.59 Å². The lowest BCUT2D eigenvalue weighted by Crippen LogP contribution is -2.47. The highest BCUT2D eigenvalue weighted by Gasteiger charge is 2.34. The summed E-state index contributed by atoms with van der Waals surface area (Å²) >= 11 is 4.81. The van der Waals surface area contributed by atoms with Gasteiger partial charge in [-0.05, 0) is 29.1 Å².